The number of nitrogen functional groups attached to an aromatic ring is 1. The first-order valence-electron chi connectivity index (χ1n) is 3.77. The minimum absolute atomic E-state index is 0.0151. The number of rotatable bonds is 3. The first kappa shape index (κ1) is 10.2. The fraction of sp³-hybridized carbons (Fsp3) is 0.125. The van der Waals surface area contributed by atoms with Gasteiger partial charge in [0.1, 0.15) is 5.82 Å². The van der Waals surface area contributed by atoms with Crippen LogP contribution in [0.1, 0.15) is 0 Å². The maximum absolute atomic E-state index is 12.8. The third kappa shape index (κ3) is 2.32. The van der Waals surface area contributed by atoms with E-state index in [4.69, 9.17) is 11.5 Å². The number of primary amides is 1. The Balaban J connectivity index is 2.90. The SMILES string of the molecule is NC(=O)CNc1cc(F)cc(F)c1N. The molecule has 0 aliphatic heterocycles. The van der Waals surface area contributed by atoms with Crippen LogP contribution in [0, 0.1) is 11.6 Å². The minimum atomic E-state index is -0.878. The zero-order valence-corrected chi connectivity index (χ0v) is 7.18. The van der Waals surface area contributed by atoms with E-state index < -0.39 is 17.5 Å². The molecule has 0 fully saturated rings. The molecule has 0 aliphatic rings. The van der Waals surface area contributed by atoms with E-state index in [1.807, 2.05) is 0 Å². The maximum Gasteiger partial charge on any atom is 0.236 e. The molecule has 1 rings (SSSR count). The number of halogens is 2. The van der Waals surface area contributed by atoms with Crippen molar-refractivity contribution in [3.63, 3.8) is 0 Å². The lowest BCUT2D eigenvalue weighted by atomic mass is 10.2. The van der Waals surface area contributed by atoms with Crippen LogP contribution in [0.15, 0.2) is 12.1 Å². The van der Waals surface area contributed by atoms with Crippen LogP contribution in [0.3, 0.4) is 0 Å². The second kappa shape index (κ2) is 3.91. The molecule has 0 bridgehead atoms. The van der Waals surface area contributed by atoms with Gasteiger partial charge in [-0.05, 0) is 6.07 Å². The van der Waals surface area contributed by atoms with Crippen LogP contribution in [-0.4, -0.2) is 12.5 Å². The van der Waals surface area contributed by atoms with Gasteiger partial charge in [-0.2, -0.15) is 0 Å². The van der Waals surface area contributed by atoms with Crippen molar-refractivity contribution in [3.8, 4) is 0 Å². The molecule has 5 N–H and O–H groups in total. The van der Waals surface area contributed by atoms with Crippen molar-refractivity contribution in [2.24, 2.45) is 5.73 Å². The van der Waals surface area contributed by atoms with Crippen molar-refractivity contribution in [2.75, 3.05) is 17.6 Å². The number of anilines is 2. The third-order valence-corrected chi connectivity index (χ3v) is 1.55. The van der Waals surface area contributed by atoms with E-state index in [1.54, 1.807) is 0 Å². The highest BCUT2D eigenvalue weighted by Gasteiger charge is 2.08. The van der Waals surface area contributed by atoms with Gasteiger partial charge in [-0.3, -0.25) is 4.79 Å². The van der Waals surface area contributed by atoms with E-state index >= 15 is 0 Å². The molecule has 0 radical (unpaired) electrons. The summed E-state index contributed by atoms with van der Waals surface area (Å²) in [6, 6.07) is 1.64. The monoisotopic (exact) mass is 201 g/mol. The molecule has 0 heterocycles. The van der Waals surface area contributed by atoms with Crippen molar-refractivity contribution >= 4 is 17.3 Å². The predicted molar refractivity (Wildman–Crippen MR) is 48.5 cm³/mol. The van der Waals surface area contributed by atoms with Gasteiger partial charge in [0.2, 0.25) is 5.91 Å². The number of amides is 1. The van der Waals surface area contributed by atoms with Crippen LogP contribution < -0.4 is 16.8 Å². The molecule has 0 atom stereocenters. The lowest BCUT2D eigenvalue weighted by Crippen LogP contribution is -2.22. The van der Waals surface area contributed by atoms with Gasteiger partial charge in [-0.15, -0.1) is 0 Å². The number of nitrogens with one attached hydrogen (secondary N) is 1. The molecule has 1 aromatic rings. The molecule has 4 nitrogen and oxygen atoms in total. The lowest BCUT2D eigenvalue weighted by Gasteiger charge is -2.08. The Hall–Kier alpha value is -1.85. The summed E-state index contributed by atoms with van der Waals surface area (Å²) in [4.78, 5) is 10.4. The summed E-state index contributed by atoms with van der Waals surface area (Å²) in [6.07, 6.45) is 0. The first-order valence-corrected chi connectivity index (χ1v) is 3.77. The Bertz CT molecular complexity index is 368. The number of carbonyl (C=O) groups excluding carboxylic acids is 1. The van der Waals surface area contributed by atoms with Crippen LogP contribution in [0.25, 0.3) is 0 Å². The molecule has 0 unspecified atom stereocenters. The van der Waals surface area contributed by atoms with Crippen LogP contribution in [0.5, 0.6) is 0 Å². The van der Waals surface area contributed by atoms with Gasteiger partial charge in [0.15, 0.2) is 5.82 Å². The van der Waals surface area contributed by atoms with Crippen LogP contribution in [0.4, 0.5) is 20.2 Å². The van der Waals surface area contributed by atoms with Gasteiger partial charge in [0.25, 0.3) is 0 Å². The molecule has 1 amide bonds. The zero-order valence-electron chi connectivity index (χ0n) is 7.18. The quantitative estimate of drug-likeness (QED) is 0.621. The molecule has 6 heteroatoms. The Morgan fingerprint density at radius 1 is 1.43 bits per heavy atom. The van der Waals surface area contributed by atoms with Crippen molar-refractivity contribution in [3.05, 3.63) is 23.8 Å². The summed E-state index contributed by atoms with van der Waals surface area (Å²) in [5.41, 5.74) is 9.89. The number of nitrogens with two attached hydrogens (primary N) is 2. The van der Waals surface area contributed by atoms with E-state index in [0.717, 1.165) is 6.07 Å². The summed E-state index contributed by atoms with van der Waals surface area (Å²) < 4.78 is 25.5. The topological polar surface area (TPSA) is 81.1 Å². The molecule has 0 saturated carbocycles. The smallest absolute Gasteiger partial charge is 0.236 e. The maximum atomic E-state index is 12.8. The Kier molecular flexibility index (Phi) is 2.85. The van der Waals surface area contributed by atoms with Gasteiger partial charge < -0.3 is 16.8 Å². The zero-order chi connectivity index (χ0) is 10.7. The second-order valence-electron chi connectivity index (χ2n) is 2.67. The van der Waals surface area contributed by atoms with Crippen LogP contribution >= 0.6 is 0 Å². The molecule has 0 saturated heterocycles. The molecular formula is C8H9F2N3O. The van der Waals surface area contributed by atoms with Crippen molar-refractivity contribution in [2.45, 2.75) is 0 Å². The first-order chi connectivity index (χ1) is 6.50. The Labute approximate surface area is 78.9 Å². The normalized spacial score (nSPS) is 9.86. The summed E-state index contributed by atoms with van der Waals surface area (Å²) in [5.74, 6) is -2.30. The highest BCUT2D eigenvalue weighted by atomic mass is 19.1. The second-order valence-corrected chi connectivity index (χ2v) is 2.67. The van der Waals surface area contributed by atoms with Crippen LogP contribution in [-0.2, 0) is 4.79 Å². The molecule has 1 aromatic carbocycles. The summed E-state index contributed by atoms with van der Waals surface area (Å²) in [6.45, 7) is -0.229. The molecule has 76 valence electrons. The molecular weight excluding hydrogens is 192 g/mol. The van der Waals surface area contributed by atoms with E-state index in [2.05, 4.69) is 5.32 Å². The van der Waals surface area contributed by atoms with Gasteiger partial charge in [0, 0.05) is 6.07 Å². The number of carbonyl (C=O) groups is 1. The summed E-state index contributed by atoms with van der Waals surface area (Å²) in [5, 5.41) is 2.41. The van der Waals surface area contributed by atoms with Gasteiger partial charge in [0.05, 0.1) is 17.9 Å². The number of benzene rings is 1. The van der Waals surface area contributed by atoms with E-state index in [1.165, 1.54) is 0 Å². The van der Waals surface area contributed by atoms with Gasteiger partial charge in [-0.25, -0.2) is 8.78 Å². The van der Waals surface area contributed by atoms with E-state index in [9.17, 15) is 13.6 Å². The number of hydrogen-bond donors (Lipinski definition) is 3. The van der Waals surface area contributed by atoms with Crippen molar-refractivity contribution < 1.29 is 13.6 Å². The van der Waals surface area contributed by atoms with Gasteiger partial charge in [-0.1, -0.05) is 0 Å². The Morgan fingerprint density at radius 3 is 2.64 bits per heavy atom. The average Bonchev–Trinajstić information content (AvgIpc) is 2.08. The van der Waals surface area contributed by atoms with Crippen molar-refractivity contribution in [1.29, 1.82) is 0 Å². The standard InChI is InChI=1S/C8H9F2N3O/c9-4-1-5(10)8(12)6(2-4)13-3-7(11)14/h1-2,13H,3,12H2,(H2,11,14). The molecule has 0 aromatic heterocycles. The third-order valence-electron chi connectivity index (χ3n) is 1.55. The number of hydrogen-bond acceptors (Lipinski definition) is 3. The predicted octanol–water partition coefficient (Wildman–Crippen LogP) is 0.444. The minimum Gasteiger partial charge on any atom is -0.395 e. The van der Waals surface area contributed by atoms with Crippen molar-refractivity contribution in [1.82, 2.24) is 0 Å². The van der Waals surface area contributed by atoms with Crippen LogP contribution in [0.2, 0.25) is 0 Å². The van der Waals surface area contributed by atoms with Gasteiger partial charge >= 0.3 is 0 Å². The van der Waals surface area contributed by atoms with E-state index in [0.29, 0.717) is 6.07 Å². The fourth-order valence-corrected chi connectivity index (χ4v) is 0.913. The highest BCUT2D eigenvalue weighted by molar-refractivity contribution is 5.80. The molecule has 0 aliphatic carbocycles. The fourth-order valence-electron chi connectivity index (χ4n) is 0.913. The highest BCUT2D eigenvalue weighted by Crippen LogP contribution is 2.22. The Morgan fingerprint density at radius 2 is 2.07 bits per heavy atom. The molecule has 0 spiro atoms. The summed E-state index contributed by atoms with van der Waals surface area (Å²) >= 11 is 0. The average molecular weight is 201 g/mol. The lowest BCUT2D eigenvalue weighted by molar-refractivity contribution is -0.116. The molecule has 14 heavy (non-hydrogen) atoms. The largest absolute Gasteiger partial charge is 0.395 e. The van der Waals surface area contributed by atoms with E-state index in [-0.39, 0.29) is 17.9 Å². The summed E-state index contributed by atoms with van der Waals surface area (Å²) in [7, 11) is 0.